The quantitative estimate of drug-likeness (QED) is 0.869. The molecule has 0 unspecified atom stereocenters. The maximum Gasteiger partial charge on any atom is 0.0780 e. The Morgan fingerprint density at radius 1 is 1.20 bits per heavy atom. The van der Waals surface area contributed by atoms with Gasteiger partial charge in [-0.25, -0.2) is 0 Å². The fourth-order valence-electron chi connectivity index (χ4n) is 1.41. The molecule has 0 fully saturated rings. The van der Waals surface area contributed by atoms with Crippen molar-refractivity contribution in [3.8, 4) is 0 Å². The van der Waals surface area contributed by atoms with E-state index in [1.807, 2.05) is 45.0 Å². The van der Waals surface area contributed by atoms with Gasteiger partial charge in [0.05, 0.1) is 12.1 Å². The first-order valence-corrected chi connectivity index (χ1v) is 5.81. The van der Waals surface area contributed by atoms with Crippen molar-refractivity contribution in [1.82, 2.24) is 0 Å². The average molecular weight is 272 g/mol. The lowest BCUT2D eigenvalue weighted by molar-refractivity contribution is 0.0401. The lowest BCUT2D eigenvalue weighted by Gasteiger charge is -2.31. The first-order valence-electron chi connectivity index (χ1n) is 5.01. The van der Waals surface area contributed by atoms with Gasteiger partial charge < -0.3 is 10.8 Å². The SMILES string of the molecule is CC(C)(C)[C@@H](O)[C@@H](N)c1ccc(Br)cc1. The van der Waals surface area contributed by atoms with Gasteiger partial charge in [-0.3, -0.25) is 0 Å². The van der Waals surface area contributed by atoms with Gasteiger partial charge >= 0.3 is 0 Å². The second kappa shape index (κ2) is 4.64. The zero-order chi connectivity index (χ0) is 11.6. The molecule has 0 saturated heterocycles. The van der Waals surface area contributed by atoms with E-state index in [4.69, 9.17) is 5.73 Å². The maximum atomic E-state index is 10.0. The van der Waals surface area contributed by atoms with Crippen LogP contribution in [-0.2, 0) is 0 Å². The normalized spacial score (nSPS) is 16.1. The Bertz CT molecular complexity index is 315. The second-order valence-corrected chi connectivity index (χ2v) is 5.80. The van der Waals surface area contributed by atoms with Crippen molar-refractivity contribution in [2.24, 2.45) is 11.1 Å². The van der Waals surface area contributed by atoms with Crippen molar-refractivity contribution in [1.29, 1.82) is 0 Å². The van der Waals surface area contributed by atoms with Crippen molar-refractivity contribution >= 4 is 15.9 Å². The summed E-state index contributed by atoms with van der Waals surface area (Å²) in [7, 11) is 0. The number of benzene rings is 1. The van der Waals surface area contributed by atoms with Gasteiger partial charge in [-0.1, -0.05) is 48.8 Å². The molecule has 1 aromatic carbocycles. The molecule has 2 nitrogen and oxygen atoms in total. The number of halogens is 1. The molecule has 0 aromatic heterocycles. The average Bonchev–Trinajstić information content (AvgIpc) is 2.15. The molecule has 2 atom stereocenters. The minimum Gasteiger partial charge on any atom is -0.391 e. The van der Waals surface area contributed by atoms with Crippen molar-refractivity contribution in [2.45, 2.75) is 32.9 Å². The largest absolute Gasteiger partial charge is 0.391 e. The molecule has 0 heterocycles. The molecule has 0 bridgehead atoms. The third-order valence-electron chi connectivity index (χ3n) is 2.48. The van der Waals surface area contributed by atoms with Crippen molar-refractivity contribution in [2.75, 3.05) is 0 Å². The summed E-state index contributed by atoms with van der Waals surface area (Å²) in [6.07, 6.45) is -0.543. The van der Waals surface area contributed by atoms with E-state index < -0.39 is 6.10 Å². The fraction of sp³-hybridized carbons (Fsp3) is 0.500. The highest BCUT2D eigenvalue weighted by atomic mass is 79.9. The summed E-state index contributed by atoms with van der Waals surface area (Å²) >= 11 is 3.37. The summed E-state index contributed by atoms with van der Waals surface area (Å²) < 4.78 is 1.02. The topological polar surface area (TPSA) is 46.2 Å². The minimum atomic E-state index is -0.543. The van der Waals surface area contributed by atoms with E-state index in [1.165, 1.54) is 0 Å². The number of hydrogen-bond acceptors (Lipinski definition) is 2. The first kappa shape index (κ1) is 12.7. The fourth-order valence-corrected chi connectivity index (χ4v) is 1.67. The van der Waals surface area contributed by atoms with Crippen LogP contribution in [0.25, 0.3) is 0 Å². The number of nitrogens with two attached hydrogens (primary N) is 1. The van der Waals surface area contributed by atoms with E-state index in [9.17, 15) is 5.11 Å². The molecular formula is C12H18BrNO. The molecule has 15 heavy (non-hydrogen) atoms. The van der Waals surface area contributed by atoms with Crippen LogP contribution in [0.3, 0.4) is 0 Å². The van der Waals surface area contributed by atoms with Crippen molar-refractivity contribution < 1.29 is 5.11 Å². The summed E-state index contributed by atoms with van der Waals surface area (Å²) in [5.74, 6) is 0. The molecule has 0 amide bonds. The van der Waals surface area contributed by atoms with Crippen LogP contribution in [0.4, 0.5) is 0 Å². The molecule has 1 aromatic rings. The molecule has 3 N–H and O–H groups in total. The van der Waals surface area contributed by atoms with E-state index in [-0.39, 0.29) is 11.5 Å². The van der Waals surface area contributed by atoms with E-state index in [0.717, 1.165) is 10.0 Å². The Labute approximate surface area is 99.6 Å². The van der Waals surface area contributed by atoms with Crippen LogP contribution in [0.2, 0.25) is 0 Å². The first-order chi connectivity index (χ1) is 6.82. The van der Waals surface area contributed by atoms with Gasteiger partial charge in [0.15, 0.2) is 0 Å². The van der Waals surface area contributed by atoms with Crippen molar-refractivity contribution in [3.63, 3.8) is 0 Å². The molecule has 0 aliphatic carbocycles. The maximum absolute atomic E-state index is 10.0. The Hall–Kier alpha value is -0.380. The number of aliphatic hydroxyl groups excluding tert-OH is 1. The lowest BCUT2D eigenvalue weighted by atomic mass is 9.82. The number of rotatable bonds is 2. The van der Waals surface area contributed by atoms with Gasteiger partial charge in [0.25, 0.3) is 0 Å². The molecular weight excluding hydrogens is 254 g/mol. The van der Waals surface area contributed by atoms with Crippen LogP contribution in [0.5, 0.6) is 0 Å². The van der Waals surface area contributed by atoms with Crippen LogP contribution in [-0.4, -0.2) is 11.2 Å². The molecule has 0 spiro atoms. The summed E-state index contributed by atoms with van der Waals surface area (Å²) in [6.45, 7) is 5.95. The lowest BCUT2D eigenvalue weighted by Crippen LogP contribution is -2.36. The van der Waals surface area contributed by atoms with Crippen LogP contribution in [0.1, 0.15) is 32.4 Å². The van der Waals surface area contributed by atoms with Gasteiger partial charge in [-0.05, 0) is 23.1 Å². The standard InChI is InChI=1S/C12H18BrNO/c1-12(2,3)11(15)10(14)8-4-6-9(13)7-5-8/h4-7,10-11,15H,14H2,1-3H3/t10-,11-/m0/s1. The van der Waals surface area contributed by atoms with Crippen LogP contribution in [0.15, 0.2) is 28.7 Å². The Morgan fingerprint density at radius 2 is 1.67 bits per heavy atom. The zero-order valence-corrected chi connectivity index (χ0v) is 11.0. The number of aliphatic hydroxyl groups is 1. The molecule has 0 radical (unpaired) electrons. The monoisotopic (exact) mass is 271 g/mol. The molecule has 0 aliphatic rings. The zero-order valence-electron chi connectivity index (χ0n) is 9.37. The Morgan fingerprint density at radius 3 is 2.07 bits per heavy atom. The van der Waals surface area contributed by atoms with Gasteiger partial charge in [-0.15, -0.1) is 0 Å². The van der Waals surface area contributed by atoms with Crippen LogP contribution in [0, 0.1) is 5.41 Å². The van der Waals surface area contributed by atoms with Gasteiger partial charge in [0.1, 0.15) is 0 Å². The van der Waals surface area contributed by atoms with Crippen LogP contribution >= 0.6 is 15.9 Å². The Balaban J connectivity index is 2.85. The summed E-state index contributed by atoms with van der Waals surface area (Å²) in [4.78, 5) is 0. The predicted molar refractivity (Wildman–Crippen MR) is 66.5 cm³/mol. The minimum absolute atomic E-state index is 0.202. The van der Waals surface area contributed by atoms with E-state index in [1.54, 1.807) is 0 Å². The predicted octanol–water partition coefficient (Wildman–Crippen LogP) is 2.86. The molecule has 0 saturated carbocycles. The summed E-state index contributed by atoms with van der Waals surface area (Å²) in [5, 5.41) is 10.0. The third kappa shape index (κ3) is 3.30. The van der Waals surface area contributed by atoms with E-state index in [2.05, 4.69) is 15.9 Å². The second-order valence-electron chi connectivity index (χ2n) is 4.89. The van der Waals surface area contributed by atoms with Crippen LogP contribution < -0.4 is 5.73 Å². The van der Waals surface area contributed by atoms with E-state index >= 15 is 0 Å². The Kier molecular flexibility index (Phi) is 3.93. The highest BCUT2D eigenvalue weighted by Gasteiger charge is 2.28. The highest BCUT2D eigenvalue weighted by Crippen LogP contribution is 2.28. The van der Waals surface area contributed by atoms with Gasteiger partial charge in [0.2, 0.25) is 0 Å². The molecule has 1 rings (SSSR count). The van der Waals surface area contributed by atoms with Gasteiger partial charge in [-0.2, -0.15) is 0 Å². The summed E-state index contributed by atoms with van der Waals surface area (Å²) in [5.41, 5.74) is 6.77. The van der Waals surface area contributed by atoms with Crippen molar-refractivity contribution in [3.05, 3.63) is 34.3 Å². The molecule has 84 valence electrons. The number of hydrogen-bond donors (Lipinski definition) is 2. The van der Waals surface area contributed by atoms with E-state index in [0.29, 0.717) is 0 Å². The van der Waals surface area contributed by atoms with Gasteiger partial charge in [0, 0.05) is 4.47 Å². The molecule has 3 heteroatoms. The summed E-state index contributed by atoms with van der Waals surface area (Å²) in [6, 6.07) is 7.40. The molecule has 0 aliphatic heterocycles. The third-order valence-corrected chi connectivity index (χ3v) is 3.01. The highest BCUT2D eigenvalue weighted by molar-refractivity contribution is 9.10. The smallest absolute Gasteiger partial charge is 0.0780 e.